The molecule has 0 radical (unpaired) electrons. The first-order valence-corrected chi connectivity index (χ1v) is 10.2. The molecule has 1 atom stereocenters. The summed E-state index contributed by atoms with van der Waals surface area (Å²) in [6.07, 6.45) is 9.56. The van der Waals surface area contributed by atoms with E-state index in [1.54, 1.807) is 0 Å². The van der Waals surface area contributed by atoms with Crippen LogP contribution in [0.15, 0.2) is 18.2 Å². The molecule has 2 saturated carbocycles. The van der Waals surface area contributed by atoms with Crippen LogP contribution < -0.4 is 20.1 Å². The summed E-state index contributed by atoms with van der Waals surface area (Å²) in [5, 5.41) is 6.20. The van der Waals surface area contributed by atoms with Crippen molar-refractivity contribution in [3.8, 4) is 11.5 Å². The van der Waals surface area contributed by atoms with Gasteiger partial charge in [-0.1, -0.05) is 25.3 Å². The number of carbonyl (C=O) groups excluding carboxylic acids is 1. The Labute approximate surface area is 155 Å². The van der Waals surface area contributed by atoms with Crippen LogP contribution in [0.5, 0.6) is 11.5 Å². The summed E-state index contributed by atoms with van der Waals surface area (Å²) in [5.74, 6) is 2.93. The Kier molecular flexibility index (Phi) is 5.51. The summed E-state index contributed by atoms with van der Waals surface area (Å²) in [7, 11) is 0. The Balaban J connectivity index is 1.29. The van der Waals surface area contributed by atoms with Crippen molar-refractivity contribution in [2.75, 3.05) is 19.8 Å². The van der Waals surface area contributed by atoms with E-state index in [1.807, 2.05) is 6.07 Å². The summed E-state index contributed by atoms with van der Waals surface area (Å²) in [4.78, 5) is 12.1. The van der Waals surface area contributed by atoms with Crippen molar-refractivity contribution >= 4 is 6.03 Å². The third kappa shape index (κ3) is 4.43. The molecule has 26 heavy (non-hydrogen) atoms. The number of hydrogen-bond donors (Lipinski definition) is 2. The molecule has 1 aromatic carbocycles. The highest BCUT2D eigenvalue weighted by Gasteiger charge is 2.32. The first-order chi connectivity index (χ1) is 12.8. The fourth-order valence-electron chi connectivity index (χ4n) is 4.29. The Morgan fingerprint density at radius 3 is 2.58 bits per heavy atom. The van der Waals surface area contributed by atoms with Gasteiger partial charge in [-0.15, -0.1) is 0 Å². The molecule has 0 aromatic heterocycles. The Morgan fingerprint density at radius 1 is 1.04 bits per heavy atom. The average Bonchev–Trinajstić information content (AvgIpc) is 3.51. The number of rotatable bonds is 6. The minimum Gasteiger partial charge on any atom is -0.486 e. The van der Waals surface area contributed by atoms with Gasteiger partial charge in [-0.25, -0.2) is 4.79 Å². The van der Waals surface area contributed by atoms with Gasteiger partial charge in [0.2, 0.25) is 0 Å². The molecule has 2 amide bonds. The van der Waals surface area contributed by atoms with Gasteiger partial charge in [0.05, 0.1) is 0 Å². The van der Waals surface area contributed by atoms with E-state index in [2.05, 4.69) is 22.8 Å². The van der Waals surface area contributed by atoms with Gasteiger partial charge < -0.3 is 20.1 Å². The van der Waals surface area contributed by atoms with Gasteiger partial charge in [-0.05, 0) is 61.6 Å². The van der Waals surface area contributed by atoms with Crippen molar-refractivity contribution in [2.24, 2.45) is 5.92 Å². The fraction of sp³-hybridized carbons (Fsp3) is 0.667. The predicted octanol–water partition coefficient (Wildman–Crippen LogP) is 3.97. The molecule has 3 aliphatic rings. The minimum atomic E-state index is -0.00591. The molecule has 1 aliphatic heterocycles. The maximum Gasteiger partial charge on any atom is 0.315 e. The van der Waals surface area contributed by atoms with Gasteiger partial charge in [-0.2, -0.15) is 0 Å². The first kappa shape index (κ1) is 17.5. The molecule has 5 nitrogen and oxygen atoms in total. The Hall–Kier alpha value is -1.91. The third-order valence-electron chi connectivity index (χ3n) is 5.87. The highest BCUT2D eigenvalue weighted by molar-refractivity contribution is 5.74. The summed E-state index contributed by atoms with van der Waals surface area (Å²) < 4.78 is 11.4. The number of nitrogens with one attached hydrogen (secondary N) is 2. The van der Waals surface area contributed by atoms with Crippen molar-refractivity contribution in [1.82, 2.24) is 10.6 Å². The van der Waals surface area contributed by atoms with Gasteiger partial charge in [0.25, 0.3) is 0 Å². The van der Waals surface area contributed by atoms with Crippen LogP contribution in [0, 0.1) is 5.92 Å². The van der Waals surface area contributed by atoms with Crippen LogP contribution in [0.1, 0.15) is 62.8 Å². The van der Waals surface area contributed by atoms with Crippen molar-refractivity contribution in [3.63, 3.8) is 0 Å². The van der Waals surface area contributed by atoms with E-state index in [0.29, 0.717) is 31.7 Å². The number of urea groups is 1. The standard InChI is InChI=1S/C21H30N2O3/c24-21(23-17-4-2-1-3-5-17)22-11-10-18(15-6-7-15)16-8-9-19-20(14-16)26-13-12-25-19/h8-9,14-15,17-18H,1-7,10-13H2,(H2,22,23,24). The van der Waals surface area contributed by atoms with Crippen molar-refractivity contribution in [3.05, 3.63) is 23.8 Å². The summed E-state index contributed by atoms with van der Waals surface area (Å²) in [6.45, 7) is 1.96. The second kappa shape index (κ2) is 8.19. The zero-order valence-electron chi connectivity index (χ0n) is 15.5. The third-order valence-corrected chi connectivity index (χ3v) is 5.87. The fourth-order valence-corrected chi connectivity index (χ4v) is 4.29. The van der Waals surface area contributed by atoms with E-state index < -0.39 is 0 Å². The monoisotopic (exact) mass is 358 g/mol. The Morgan fingerprint density at radius 2 is 1.81 bits per heavy atom. The number of fused-ring (bicyclic) bond motifs is 1. The normalized spacial score (nSPS) is 21.1. The van der Waals surface area contributed by atoms with Crippen LogP contribution in [0.2, 0.25) is 0 Å². The maximum atomic E-state index is 12.1. The molecule has 2 aliphatic carbocycles. The first-order valence-electron chi connectivity index (χ1n) is 10.2. The minimum absolute atomic E-state index is 0.00591. The maximum absolute atomic E-state index is 12.1. The molecule has 0 saturated heterocycles. The number of hydrogen-bond acceptors (Lipinski definition) is 3. The number of ether oxygens (including phenoxy) is 2. The Bertz CT molecular complexity index is 624. The van der Waals surface area contributed by atoms with E-state index in [0.717, 1.165) is 36.7 Å². The molecule has 5 heteroatoms. The average molecular weight is 358 g/mol. The highest BCUT2D eigenvalue weighted by atomic mass is 16.6. The zero-order valence-corrected chi connectivity index (χ0v) is 15.5. The van der Waals surface area contributed by atoms with Gasteiger partial charge in [-0.3, -0.25) is 0 Å². The lowest BCUT2D eigenvalue weighted by atomic mass is 9.90. The molecule has 1 aromatic rings. The molecule has 0 spiro atoms. The summed E-state index contributed by atoms with van der Waals surface area (Å²) in [6, 6.07) is 6.69. The van der Waals surface area contributed by atoms with Crippen LogP contribution in [0.4, 0.5) is 4.79 Å². The lowest BCUT2D eigenvalue weighted by Gasteiger charge is -2.24. The summed E-state index contributed by atoms with van der Waals surface area (Å²) in [5.41, 5.74) is 1.31. The van der Waals surface area contributed by atoms with Crippen molar-refractivity contribution in [1.29, 1.82) is 0 Å². The molecule has 4 rings (SSSR count). The SMILES string of the molecule is O=C(NCCC(c1ccc2c(c1)OCCO2)C1CC1)NC1CCCCC1. The van der Waals surface area contributed by atoms with Crippen LogP contribution >= 0.6 is 0 Å². The van der Waals surface area contributed by atoms with Gasteiger partial charge in [0.1, 0.15) is 13.2 Å². The number of carbonyl (C=O) groups is 1. The van der Waals surface area contributed by atoms with Crippen LogP contribution in [-0.2, 0) is 0 Å². The molecular weight excluding hydrogens is 328 g/mol. The largest absolute Gasteiger partial charge is 0.486 e. The number of amides is 2. The van der Waals surface area contributed by atoms with E-state index in [9.17, 15) is 4.79 Å². The van der Waals surface area contributed by atoms with E-state index in [4.69, 9.17) is 9.47 Å². The van der Waals surface area contributed by atoms with Crippen LogP contribution in [0.25, 0.3) is 0 Å². The highest BCUT2D eigenvalue weighted by Crippen LogP contribution is 2.46. The van der Waals surface area contributed by atoms with Gasteiger partial charge in [0.15, 0.2) is 11.5 Å². The van der Waals surface area contributed by atoms with Crippen LogP contribution in [-0.4, -0.2) is 31.8 Å². The lowest BCUT2D eigenvalue weighted by molar-refractivity contribution is 0.171. The molecule has 142 valence electrons. The van der Waals surface area contributed by atoms with Crippen LogP contribution in [0.3, 0.4) is 0 Å². The van der Waals surface area contributed by atoms with E-state index in [-0.39, 0.29) is 6.03 Å². The molecule has 0 bridgehead atoms. The second-order valence-corrected chi connectivity index (χ2v) is 7.87. The summed E-state index contributed by atoms with van der Waals surface area (Å²) >= 11 is 0. The van der Waals surface area contributed by atoms with Crippen molar-refractivity contribution in [2.45, 2.75) is 63.3 Å². The molecule has 1 unspecified atom stereocenters. The number of benzene rings is 1. The predicted molar refractivity (Wildman–Crippen MR) is 101 cm³/mol. The van der Waals surface area contributed by atoms with Gasteiger partial charge in [0, 0.05) is 12.6 Å². The molecule has 1 heterocycles. The molecule has 2 fully saturated rings. The quantitative estimate of drug-likeness (QED) is 0.809. The van der Waals surface area contributed by atoms with Gasteiger partial charge >= 0.3 is 6.03 Å². The molecular formula is C21H30N2O3. The van der Waals surface area contributed by atoms with E-state index in [1.165, 1.54) is 37.7 Å². The topological polar surface area (TPSA) is 59.6 Å². The zero-order chi connectivity index (χ0) is 17.8. The second-order valence-electron chi connectivity index (χ2n) is 7.87. The lowest BCUT2D eigenvalue weighted by Crippen LogP contribution is -2.43. The smallest absolute Gasteiger partial charge is 0.315 e. The van der Waals surface area contributed by atoms with E-state index >= 15 is 0 Å². The van der Waals surface area contributed by atoms with Crippen molar-refractivity contribution < 1.29 is 14.3 Å². The molecule has 2 N–H and O–H groups in total.